The molecule has 0 heterocycles. The van der Waals surface area contributed by atoms with Crippen molar-refractivity contribution in [1.82, 2.24) is 0 Å². The molecule has 0 aromatic heterocycles. The normalized spacial score (nSPS) is 10.1. The summed E-state index contributed by atoms with van der Waals surface area (Å²) in [4.78, 5) is 11.7. The highest BCUT2D eigenvalue weighted by Gasteiger charge is 2.07. The van der Waals surface area contributed by atoms with Crippen LogP contribution in [0.1, 0.15) is 48.5 Å². The van der Waals surface area contributed by atoms with Gasteiger partial charge in [0, 0.05) is 5.56 Å². The lowest BCUT2D eigenvalue weighted by Crippen LogP contribution is -2.12. The number of nitrogens with two attached hydrogens (primary N) is 1. The Balaban J connectivity index is 2.39. The maximum absolute atomic E-state index is 11.7. The van der Waals surface area contributed by atoms with Crippen LogP contribution in [0.2, 0.25) is 0 Å². The number of ether oxygens (including phenoxy) is 1. The standard InChI is InChI=1S/C14H20N2O2/c1-2-3-4-5-10-18-14(17)12-8-6-11(7-9-12)13(15)16/h6-9H,2-5,10H2,1H3,(H3,15,16). The van der Waals surface area contributed by atoms with E-state index in [9.17, 15) is 4.79 Å². The number of nitrogens with one attached hydrogen (secondary N) is 1. The molecule has 98 valence electrons. The number of carbonyl (C=O) groups excluding carboxylic acids is 1. The van der Waals surface area contributed by atoms with Crippen LogP contribution in [0, 0.1) is 5.41 Å². The fraction of sp³-hybridized carbons (Fsp3) is 0.429. The smallest absolute Gasteiger partial charge is 0.338 e. The number of nitrogen functional groups attached to an aromatic ring is 1. The topological polar surface area (TPSA) is 76.2 Å². The van der Waals surface area contributed by atoms with E-state index in [1.54, 1.807) is 24.3 Å². The van der Waals surface area contributed by atoms with E-state index in [2.05, 4.69) is 6.92 Å². The summed E-state index contributed by atoms with van der Waals surface area (Å²) in [6.45, 7) is 2.61. The van der Waals surface area contributed by atoms with Crippen LogP contribution in [-0.4, -0.2) is 18.4 Å². The van der Waals surface area contributed by atoms with Crippen LogP contribution in [0.5, 0.6) is 0 Å². The van der Waals surface area contributed by atoms with Gasteiger partial charge in [-0.15, -0.1) is 0 Å². The number of carbonyl (C=O) groups is 1. The zero-order chi connectivity index (χ0) is 13.4. The van der Waals surface area contributed by atoms with Crippen molar-refractivity contribution in [3.05, 3.63) is 35.4 Å². The zero-order valence-electron chi connectivity index (χ0n) is 10.7. The van der Waals surface area contributed by atoms with E-state index < -0.39 is 0 Å². The molecule has 0 saturated carbocycles. The first-order chi connectivity index (χ1) is 8.65. The van der Waals surface area contributed by atoms with Gasteiger partial charge in [-0.2, -0.15) is 0 Å². The summed E-state index contributed by atoms with van der Waals surface area (Å²) in [6, 6.07) is 6.56. The first kappa shape index (κ1) is 14.2. The summed E-state index contributed by atoms with van der Waals surface area (Å²) in [5.74, 6) is -0.323. The van der Waals surface area contributed by atoms with E-state index >= 15 is 0 Å². The molecular formula is C14H20N2O2. The van der Waals surface area contributed by atoms with Gasteiger partial charge in [0.05, 0.1) is 12.2 Å². The molecule has 0 aliphatic carbocycles. The lowest BCUT2D eigenvalue weighted by Gasteiger charge is -2.05. The molecule has 4 heteroatoms. The van der Waals surface area contributed by atoms with Crippen LogP contribution < -0.4 is 5.73 Å². The summed E-state index contributed by atoms with van der Waals surface area (Å²) in [7, 11) is 0. The molecule has 0 aliphatic rings. The van der Waals surface area contributed by atoms with Crippen molar-refractivity contribution < 1.29 is 9.53 Å². The SMILES string of the molecule is CCCCCCOC(=O)c1ccc(C(=N)N)cc1. The van der Waals surface area contributed by atoms with E-state index in [-0.39, 0.29) is 11.8 Å². The van der Waals surface area contributed by atoms with E-state index in [4.69, 9.17) is 15.9 Å². The molecule has 1 rings (SSSR count). The first-order valence-electron chi connectivity index (χ1n) is 6.26. The van der Waals surface area contributed by atoms with Gasteiger partial charge < -0.3 is 10.5 Å². The van der Waals surface area contributed by atoms with Crippen LogP contribution in [0.15, 0.2) is 24.3 Å². The predicted molar refractivity (Wildman–Crippen MR) is 71.9 cm³/mol. The third-order valence-corrected chi connectivity index (χ3v) is 2.66. The minimum Gasteiger partial charge on any atom is -0.462 e. The van der Waals surface area contributed by atoms with Crippen molar-refractivity contribution in [1.29, 1.82) is 5.41 Å². The number of amidine groups is 1. The molecule has 0 atom stereocenters. The maximum atomic E-state index is 11.7. The number of unbranched alkanes of at least 4 members (excludes halogenated alkanes) is 3. The first-order valence-corrected chi connectivity index (χ1v) is 6.26. The van der Waals surface area contributed by atoms with Crippen molar-refractivity contribution in [2.75, 3.05) is 6.61 Å². The molecular weight excluding hydrogens is 228 g/mol. The second kappa shape index (κ2) is 7.48. The highest BCUT2D eigenvalue weighted by atomic mass is 16.5. The number of esters is 1. The van der Waals surface area contributed by atoms with Crippen LogP contribution in [0.25, 0.3) is 0 Å². The molecule has 0 unspecified atom stereocenters. The monoisotopic (exact) mass is 248 g/mol. The van der Waals surface area contributed by atoms with Crippen LogP contribution in [0.3, 0.4) is 0 Å². The van der Waals surface area contributed by atoms with Crippen molar-refractivity contribution in [3.63, 3.8) is 0 Å². The van der Waals surface area contributed by atoms with Gasteiger partial charge in [0.1, 0.15) is 5.84 Å². The van der Waals surface area contributed by atoms with E-state index in [1.807, 2.05) is 0 Å². The highest BCUT2D eigenvalue weighted by molar-refractivity contribution is 5.96. The Morgan fingerprint density at radius 2 is 1.78 bits per heavy atom. The molecule has 0 amide bonds. The van der Waals surface area contributed by atoms with E-state index in [0.29, 0.717) is 17.7 Å². The Hall–Kier alpha value is -1.84. The minimum atomic E-state index is -0.318. The van der Waals surface area contributed by atoms with Gasteiger partial charge in [0.25, 0.3) is 0 Å². The Morgan fingerprint density at radius 3 is 2.33 bits per heavy atom. The van der Waals surface area contributed by atoms with Gasteiger partial charge >= 0.3 is 5.97 Å². The van der Waals surface area contributed by atoms with Crippen molar-refractivity contribution in [2.24, 2.45) is 5.73 Å². The molecule has 0 aliphatic heterocycles. The van der Waals surface area contributed by atoms with E-state index in [0.717, 1.165) is 12.8 Å². The molecule has 0 fully saturated rings. The van der Waals surface area contributed by atoms with Gasteiger partial charge in [-0.3, -0.25) is 5.41 Å². The van der Waals surface area contributed by atoms with Gasteiger partial charge in [-0.05, 0) is 18.6 Å². The number of benzene rings is 1. The lowest BCUT2D eigenvalue weighted by molar-refractivity contribution is 0.0498. The molecule has 3 N–H and O–H groups in total. The largest absolute Gasteiger partial charge is 0.462 e. The summed E-state index contributed by atoms with van der Waals surface area (Å²) in [6.07, 6.45) is 4.34. The minimum absolute atomic E-state index is 0.00511. The predicted octanol–water partition coefficient (Wildman–Crippen LogP) is 2.71. The summed E-state index contributed by atoms with van der Waals surface area (Å²) in [5, 5.41) is 7.25. The average Bonchev–Trinajstić information content (AvgIpc) is 2.38. The highest BCUT2D eigenvalue weighted by Crippen LogP contribution is 2.06. The van der Waals surface area contributed by atoms with E-state index in [1.165, 1.54) is 12.8 Å². The van der Waals surface area contributed by atoms with Gasteiger partial charge in [-0.25, -0.2) is 4.79 Å². The maximum Gasteiger partial charge on any atom is 0.338 e. The Kier molecular flexibility index (Phi) is 5.91. The van der Waals surface area contributed by atoms with Gasteiger partial charge in [-0.1, -0.05) is 38.3 Å². The zero-order valence-corrected chi connectivity index (χ0v) is 10.7. The molecule has 18 heavy (non-hydrogen) atoms. The molecule has 1 aromatic carbocycles. The molecule has 0 radical (unpaired) electrons. The van der Waals surface area contributed by atoms with Crippen LogP contribution >= 0.6 is 0 Å². The molecule has 1 aromatic rings. The number of hydrogen-bond acceptors (Lipinski definition) is 3. The third kappa shape index (κ3) is 4.57. The average molecular weight is 248 g/mol. The van der Waals surface area contributed by atoms with Crippen molar-refractivity contribution >= 4 is 11.8 Å². The van der Waals surface area contributed by atoms with Crippen molar-refractivity contribution in [2.45, 2.75) is 32.6 Å². The van der Waals surface area contributed by atoms with Gasteiger partial charge in [0.15, 0.2) is 0 Å². The third-order valence-electron chi connectivity index (χ3n) is 2.66. The molecule has 4 nitrogen and oxygen atoms in total. The Labute approximate surface area is 108 Å². The second-order valence-corrected chi connectivity index (χ2v) is 4.19. The quantitative estimate of drug-likeness (QED) is 0.337. The van der Waals surface area contributed by atoms with Crippen LogP contribution in [-0.2, 0) is 4.74 Å². The van der Waals surface area contributed by atoms with Crippen molar-refractivity contribution in [3.8, 4) is 0 Å². The van der Waals surface area contributed by atoms with Crippen LogP contribution in [0.4, 0.5) is 0 Å². The summed E-state index contributed by atoms with van der Waals surface area (Å²) in [5.41, 5.74) is 6.44. The number of hydrogen-bond donors (Lipinski definition) is 2. The van der Waals surface area contributed by atoms with Gasteiger partial charge in [0.2, 0.25) is 0 Å². The fourth-order valence-corrected chi connectivity index (χ4v) is 1.56. The Morgan fingerprint density at radius 1 is 1.17 bits per heavy atom. The summed E-state index contributed by atoms with van der Waals surface area (Å²) >= 11 is 0. The fourth-order valence-electron chi connectivity index (χ4n) is 1.56. The second-order valence-electron chi connectivity index (χ2n) is 4.19. The molecule has 0 spiro atoms. The summed E-state index contributed by atoms with van der Waals surface area (Å²) < 4.78 is 5.15. The number of rotatable bonds is 7. The lowest BCUT2D eigenvalue weighted by atomic mass is 10.1. The Bertz CT molecular complexity index is 399. The molecule has 0 saturated heterocycles. The molecule has 0 bridgehead atoms.